The van der Waals surface area contributed by atoms with E-state index in [0.29, 0.717) is 0 Å². The Hall–Kier alpha value is -2.34. The summed E-state index contributed by atoms with van der Waals surface area (Å²) in [5, 5.41) is 0. The van der Waals surface area contributed by atoms with Gasteiger partial charge in [-0.2, -0.15) is 0 Å². The molecule has 0 atom stereocenters. The zero-order valence-electron chi connectivity index (χ0n) is 11.1. The molecule has 1 aromatic carbocycles. The summed E-state index contributed by atoms with van der Waals surface area (Å²) in [6, 6.07) is 2.77. The molecule has 6 heteroatoms. The number of hydrogen-bond donors (Lipinski definition) is 0. The third-order valence-electron chi connectivity index (χ3n) is 3.46. The van der Waals surface area contributed by atoms with Crippen molar-refractivity contribution in [1.82, 2.24) is 9.80 Å². The average Bonchev–Trinajstić information content (AvgIpc) is 2.78. The lowest BCUT2D eigenvalue weighted by atomic mass is 10.0. The molecule has 0 aromatic heterocycles. The number of carbonyl (C=O) groups excluding carboxylic acids is 4. The largest absolute Gasteiger partial charge is 0.294 e. The standard InChI is InChI=1S/C14H12N2O4/c1-15(2)6-16-13(19)9-3-7-8(4-10(9)14(16)20)12(18)5-11(7)17/h3-4H,5-6H2,1-2H3. The molecule has 1 aliphatic heterocycles. The lowest BCUT2D eigenvalue weighted by Gasteiger charge is -2.18. The maximum atomic E-state index is 12.2. The maximum absolute atomic E-state index is 12.2. The van der Waals surface area contributed by atoms with Gasteiger partial charge in [0.25, 0.3) is 11.8 Å². The second-order valence-corrected chi connectivity index (χ2v) is 5.23. The number of fused-ring (bicyclic) bond motifs is 2. The monoisotopic (exact) mass is 272 g/mol. The molecule has 0 saturated heterocycles. The number of hydrogen-bond acceptors (Lipinski definition) is 5. The molecule has 102 valence electrons. The van der Waals surface area contributed by atoms with Gasteiger partial charge in [-0.25, -0.2) is 0 Å². The number of rotatable bonds is 2. The fourth-order valence-electron chi connectivity index (χ4n) is 2.55. The number of ketones is 2. The SMILES string of the molecule is CN(C)CN1C(=O)c2cc3c(cc2C1=O)C(=O)CC3=O. The summed E-state index contributed by atoms with van der Waals surface area (Å²) in [6.45, 7) is 0.166. The van der Waals surface area contributed by atoms with Crippen molar-refractivity contribution in [3.63, 3.8) is 0 Å². The van der Waals surface area contributed by atoms with E-state index < -0.39 is 11.8 Å². The van der Waals surface area contributed by atoms with E-state index in [1.807, 2.05) is 0 Å². The molecule has 0 N–H and O–H groups in total. The van der Waals surface area contributed by atoms with Crippen LogP contribution in [0.15, 0.2) is 12.1 Å². The number of imide groups is 1. The normalized spacial score (nSPS) is 17.2. The van der Waals surface area contributed by atoms with Crippen LogP contribution in [0.4, 0.5) is 0 Å². The van der Waals surface area contributed by atoms with Crippen molar-refractivity contribution in [3.05, 3.63) is 34.4 Å². The fourth-order valence-corrected chi connectivity index (χ4v) is 2.55. The van der Waals surface area contributed by atoms with Crippen molar-refractivity contribution in [2.75, 3.05) is 20.8 Å². The Balaban J connectivity index is 2.11. The molecule has 0 unspecified atom stereocenters. The summed E-state index contributed by atoms with van der Waals surface area (Å²) >= 11 is 0. The van der Waals surface area contributed by atoms with Crippen molar-refractivity contribution in [3.8, 4) is 0 Å². The molecule has 2 aliphatic rings. The molecule has 0 radical (unpaired) electrons. The third kappa shape index (κ3) is 1.61. The van der Waals surface area contributed by atoms with Crippen LogP contribution in [0.2, 0.25) is 0 Å². The van der Waals surface area contributed by atoms with Crippen LogP contribution in [0, 0.1) is 0 Å². The molecular weight excluding hydrogens is 260 g/mol. The lowest BCUT2D eigenvalue weighted by molar-refractivity contribution is 0.0583. The highest BCUT2D eigenvalue weighted by Crippen LogP contribution is 2.30. The van der Waals surface area contributed by atoms with E-state index in [1.165, 1.54) is 12.1 Å². The molecule has 3 rings (SSSR count). The molecule has 1 aliphatic carbocycles. The first-order valence-electron chi connectivity index (χ1n) is 6.15. The van der Waals surface area contributed by atoms with E-state index in [1.54, 1.807) is 19.0 Å². The Kier molecular flexibility index (Phi) is 2.58. The minimum atomic E-state index is -0.423. The van der Waals surface area contributed by atoms with Crippen molar-refractivity contribution < 1.29 is 19.2 Å². The minimum absolute atomic E-state index is 0.166. The Morgan fingerprint density at radius 1 is 0.900 bits per heavy atom. The van der Waals surface area contributed by atoms with Crippen molar-refractivity contribution in [2.24, 2.45) is 0 Å². The zero-order valence-corrected chi connectivity index (χ0v) is 11.1. The highest BCUT2D eigenvalue weighted by Gasteiger charge is 2.39. The predicted octanol–water partition coefficient (Wildman–Crippen LogP) is 0.571. The van der Waals surface area contributed by atoms with Crippen LogP contribution in [-0.2, 0) is 0 Å². The highest BCUT2D eigenvalue weighted by atomic mass is 16.2. The van der Waals surface area contributed by atoms with Crippen LogP contribution in [0.5, 0.6) is 0 Å². The lowest BCUT2D eigenvalue weighted by Crippen LogP contribution is -2.37. The number of Topliss-reactive ketones (excluding diaryl/α,β-unsaturated/α-hetero) is 2. The highest BCUT2D eigenvalue weighted by molar-refractivity contribution is 6.28. The Morgan fingerprint density at radius 3 is 1.75 bits per heavy atom. The van der Waals surface area contributed by atoms with E-state index in [2.05, 4.69) is 0 Å². The number of amides is 2. The van der Waals surface area contributed by atoms with Gasteiger partial charge in [0.2, 0.25) is 0 Å². The molecule has 2 amide bonds. The molecule has 1 heterocycles. The Labute approximate surface area is 115 Å². The number of nitrogens with zero attached hydrogens (tertiary/aromatic N) is 2. The minimum Gasteiger partial charge on any atom is -0.294 e. The van der Waals surface area contributed by atoms with Gasteiger partial charge in [0.1, 0.15) is 0 Å². The first-order valence-corrected chi connectivity index (χ1v) is 6.15. The van der Waals surface area contributed by atoms with Crippen molar-refractivity contribution in [2.45, 2.75) is 6.42 Å². The van der Waals surface area contributed by atoms with Crippen LogP contribution >= 0.6 is 0 Å². The summed E-state index contributed by atoms with van der Waals surface area (Å²) in [7, 11) is 3.49. The van der Waals surface area contributed by atoms with Crippen molar-refractivity contribution >= 4 is 23.4 Å². The van der Waals surface area contributed by atoms with Gasteiger partial charge < -0.3 is 0 Å². The van der Waals surface area contributed by atoms with Gasteiger partial charge in [0.05, 0.1) is 24.2 Å². The fraction of sp³-hybridized carbons (Fsp3) is 0.286. The summed E-state index contributed by atoms with van der Waals surface area (Å²) < 4.78 is 0. The van der Waals surface area contributed by atoms with Crippen LogP contribution in [-0.4, -0.2) is 53.9 Å². The summed E-state index contributed by atoms with van der Waals surface area (Å²) in [5.74, 6) is -1.43. The quantitative estimate of drug-likeness (QED) is 0.581. The topological polar surface area (TPSA) is 74.8 Å². The van der Waals surface area contributed by atoms with Crippen LogP contribution < -0.4 is 0 Å². The van der Waals surface area contributed by atoms with Crippen LogP contribution in [0.25, 0.3) is 0 Å². The first-order chi connectivity index (χ1) is 9.40. The predicted molar refractivity (Wildman–Crippen MR) is 68.8 cm³/mol. The molecule has 1 aromatic rings. The second-order valence-electron chi connectivity index (χ2n) is 5.23. The average molecular weight is 272 g/mol. The van der Waals surface area contributed by atoms with Gasteiger partial charge >= 0.3 is 0 Å². The van der Waals surface area contributed by atoms with Crippen LogP contribution in [0.1, 0.15) is 47.9 Å². The van der Waals surface area contributed by atoms with E-state index in [9.17, 15) is 19.2 Å². The summed E-state index contributed by atoms with van der Waals surface area (Å²) in [4.78, 5) is 50.6. The molecule has 20 heavy (non-hydrogen) atoms. The summed E-state index contributed by atoms with van der Waals surface area (Å²) in [6.07, 6.45) is -0.179. The Bertz CT molecular complexity index is 638. The van der Waals surface area contributed by atoms with Gasteiger partial charge in [0.15, 0.2) is 11.6 Å². The first kappa shape index (κ1) is 12.7. The summed E-state index contributed by atoms with van der Waals surface area (Å²) in [5.41, 5.74) is 0.917. The van der Waals surface area contributed by atoms with Gasteiger partial charge in [0, 0.05) is 11.1 Å². The maximum Gasteiger partial charge on any atom is 0.262 e. The number of benzene rings is 1. The van der Waals surface area contributed by atoms with Gasteiger partial charge in [-0.15, -0.1) is 0 Å². The molecule has 0 spiro atoms. The van der Waals surface area contributed by atoms with Crippen molar-refractivity contribution in [1.29, 1.82) is 0 Å². The van der Waals surface area contributed by atoms with Gasteiger partial charge in [-0.1, -0.05) is 0 Å². The van der Waals surface area contributed by atoms with Gasteiger partial charge in [-0.3, -0.25) is 29.0 Å². The Morgan fingerprint density at radius 2 is 1.35 bits per heavy atom. The molecule has 0 fully saturated rings. The van der Waals surface area contributed by atoms with E-state index >= 15 is 0 Å². The third-order valence-corrected chi connectivity index (χ3v) is 3.46. The molecular formula is C14H12N2O4. The van der Waals surface area contributed by atoms with Gasteiger partial charge in [-0.05, 0) is 26.2 Å². The molecule has 0 saturated carbocycles. The second kappa shape index (κ2) is 4.08. The van der Waals surface area contributed by atoms with E-state index in [-0.39, 0.29) is 46.9 Å². The molecule has 6 nitrogen and oxygen atoms in total. The number of carbonyl (C=O) groups is 4. The van der Waals surface area contributed by atoms with E-state index in [4.69, 9.17) is 0 Å². The zero-order chi connectivity index (χ0) is 14.6. The smallest absolute Gasteiger partial charge is 0.262 e. The van der Waals surface area contributed by atoms with E-state index in [0.717, 1.165) is 4.90 Å². The van der Waals surface area contributed by atoms with Crippen LogP contribution in [0.3, 0.4) is 0 Å². The molecule has 0 bridgehead atoms.